The number of amides is 2. The zero-order valence-electron chi connectivity index (χ0n) is 9.77. The van der Waals surface area contributed by atoms with Gasteiger partial charge in [0.05, 0.1) is 17.9 Å². The van der Waals surface area contributed by atoms with Gasteiger partial charge in [0.1, 0.15) is 0 Å². The van der Waals surface area contributed by atoms with Gasteiger partial charge in [-0.05, 0) is 18.2 Å². The topological polar surface area (TPSA) is 88.2 Å². The van der Waals surface area contributed by atoms with Crippen molar-refractivity contribution in [2.45, 2.75) is 6.92 Å². The van der Waals surface area contributed by atoms with Gasteiger partial charge in [-0.15, -0.1) is 0 Å². The van der Waals surface area contributed by atoms with Crippen LogP contribution in [0.15, 0.2) is 30.1 Å². The molecule has 0 saturated heterocycles. The van der Waals surface area contributed by atoms with Gasteiger partial charge in [-0.3, -0.25) is 19.4 Å². The minimum absolute atomic E-state index is 0.0379. The first-order valence-corrected chi connectivity index (χ1v) is 5.17. The van der Waals surface area contributed by atoms with Crippen LogP contribution >= 0.6 is 0 Å². The fourth-order valence-electron chi connectivity index (χ4n) is 1.10. The van der Waals surface area contributed by atoms with Gasteiger partial charge < -0.3 is 10.6 Å². The number of rotatable bonds is 5. The van der Waals surface area contributed by atoms with Gasteiger partial charge in [-0.25, -0.2) is 0 Å². The lowest BCUT2D eigenvalue weighted by molar-refractivity contribution is -0.124. The van der Waals surface area contributed by atoms with Crippen LogP contribution in [0.2, 0.25) is 0 Å². The van der Waals surface area contributed by atoms with Crippen molar-refractivity contribution in [3.05, 3.63) is 35.8 Å². The number of nitrogens with zero attached hydrogens (tertiary/aromatic N) is 1. The van der Waals surface area contributed by atoms with Crippen LogP contribution in [0.5, 0.6) is 0 Å². The maximum atomic E-state index is 11.3. The second kappa shape index (κ2) is 6.95. The quantitative estimate of drug-likeness (QED) is 0.703. The smallest absolute Gasteiger partial charge is 0.251 e. The highest BCUT2D eigenvalue weighted by atomic mass is 16.2. The molecule has 0 unspecified atom stereocenters. The molecule has 18 heavy (non-hydrogen) atoms. The van der Waals surface area contributed by atoms with E-state index >= 15 is 0 Å². The van der Waals surface area contributed by atoms with E-state index in [2.05, 4.69) is 15.6 Å². The van der Waals surface area contributed by atoms with E-state index in [-0.39, 0.29) is 18.1 Å². The van der Waals surface area contributed by atoms with Crippen LogP contribution in [-0.4, -0.2) is 29.6 Å². The molecule has 1 rings (SSSR count). The number of nitrogens with one attached hydrogen (secondary N) is 2. The van der Waals surface area contributed by atoms with E-state index in [1.54, 1.807) is 30.7 Å². The van der Waals surface area contributed by atoms with Gasteiger partial charge in [-0.1, -0.05) is 6.07 Å². The van der Waals surface area contributed by atoms with Gasteiger partial charge in [0, 0.05) is 13.1 Å². The summed E-state index contributed by atoms with van der Waals surface area (Å²) in [5, 5.41) is 4.63. The highest BCUT2D eigenvalue weighted by molar-refractivity contribution is 5.92. The van der Waals surface area contributed by atoms with Gasteiger partial charge in [0.2, 0.25) is 11.8 Å². The molecule has 2 N–H and O–H groups in total. The Kier molecular flexibility index (Phi) is 5.24. The molecule has 1 heterocycles. The van der Waals surface area contributed by atoms with Crippen molar-refractivity contribution in [1.29, 1.82) is 0 Å². The van der Waals surface area contributed by atoms with Crippen LogP contribution in [0.1, 0.15) is 12.6 Å². The Hall–Kier alpha value is -2.50. The molecule has 0 bridgehead atoms. The molecule has 1 radical (unpaired) electrons. The van der Waals surface area contributed by atoms with Crippen molar-refractivity contribution in [3.63, 3.8) is 0 Å². The fourth-order valence-corrected chi connectivity index (χ4v) is 1.10. The molecule has 6 nitrogen and oxygen atoms in total. The molecular formula is C12H12N3O3. The van der Waals surface area contributed by atoms with E-state index in [9.17, 15) is 14.4 Å². The summed E-state index contributed by atoms with van der Waals surface area (Å²) in [5.74, 6) is -0.828. The average molecular weight is 246 g/mol. The number of allylic oxidation sites excluding steroid dienone is 1. The normalized spacial score (nSPS) is 10.6. The molecule has 0 saturated carbocycles. The van der Waals surface area contributed by atoms with Crippen molar-refractivity contribution in [2.75, 3.05) is 6.54 Å². The Balaban J connectivity index is 2.62. The first kappa shape index (κ1) is 13.6. The van der Waals surface area contributed by atoms with Crippen LogP contribution in [0.25, 0.3) is 6.08 Å². The number of hydrogen-bond donors (Lipinski definition) is 2. The summed E-state index contributed by atoms with van der Waals surface area (Å²) in [4.78, 5) is 36.6. The number of aromatic nitrogens is 1. The molecule has 1 aromatic heterocycles. The molecule has 0 aliphatic heterocycles. The van der Waals surface area contributed by atoms with E-state index < -0.39 is 5.91 Å². The van der Waals surface area contributed by atoms with E-state index in [0.717, 1.165) is 0 Å². The van der Waals surface area contributed by atoms with Crippen molar-refractivity contribution in [2.24, 2.45) is 0 Å². The largest absolute Gasteiger partial charge is 0.347 e. The Bertz CT molecular complexity index is 469. The molecule has 6 heteroatoms. The molecular weight excluding hydrogens is 234 g/mol. The Labute approximate surface area is 104 Å². The maximum Gasteiger partial charge on any atom is 0.251 e. The number of carbonyl (C=O) groups is 2. The highest BCUT2D eigenvalue weighted by Crippen LogP contribution is 1.99. The van der Waals surface area contributed by atoms with E-state index in [1.165, 1.54) is 13.0 Å². The Morgan fingerprint density at radius 1 is 1.44 bits per heavy atom. The SMILES string of the molecule is CC(=O)NCC(=O)N/C([C]=O)=C/c1ccccn1. The third-order valence-electron chi connectivity index (χ3n) is 1.86. The second-order valence-corrected chi connectivity index (χ2v) is 3.37. The van der Waals surface area contributed by atoms with Crippen LogP contribution in [0.4, 0.5) is 0 Å². The predicted octanol–water partition coefficient (Wildman–Crippen LogP) is -0.215. The molecule has 0 aliphatic carbocycles. The second-order valence-electron chi connectivity index (χ2n) is 3.37. The molecule has 0 atom stereocenters. The van der Waals surface area contributed by atoms with Gasteiger partial charge in [-0.2, -0.15) is 0 Å². The third kappa shape index (κ3) is 5.02. The molecule has 0 aromatic carbocycles. The molecule has 93 valence electrons. The van der Waals surface area contributed by atoms with Crippen LogP contribution < -0.4 is 10.6 Å². The number of hydrogen-bond acceptors (Lipinski definition) is 4. The van der Waals surface area contributed by atoms with Crippen molar-refractivity contribution < 1.29 is 14.4 Å². The summed E-state index contributed by atoms with van der Waals surface area (Å²) in [7, 11) is 0. The van der Waals surface area contributed by atoms with Crippen LogP contribution in [0.3, 0.4) is 0 Å². The number of pyridine rings is 1. The summed E-state index contributed by atoms with van der Waals surface area (Å²) in [6.07, 6.45) is 4.55. The molecule has 0 fully saturated rings. The van der Waals surface area contributed by atoms with Crippen molar-refractivity contribution in [3.8, 4) is 0 Å². The molecule has 0 spiro atoms. The number of carbonyl (C=O) groups excluding carboxylic acids is 3. The van der Waals surface area contributed by atoms with E-state index in [0.29, 0.717) is 5.69 Å². The van der Waals surface area contributed by atoms with Crippen molar-refractivity contribution >= 4 is 24.2 Å². The molecule has 2 amide bonds. The lowest BCUT2D eigenvalue weighted by Crippen LogP contribution is -2.35. The predicted molar refractivity (Wildman–Crippen MR) is 64.7 cm³/mol. The monoisotopic (exact) mass is 246 g/mol. The third-order valence-corrected chi connectivity index (χ3v) is 1.86. The summed E-state index contributed by atoms with van der Waals surface area (Å²) < 4.78 is 0. The highest BCUT2D eigenvalue weighted by Gasteiger charge is 2.05. The van der Waals surface area contributed by atoms with Gasteiger partial charge in [0.15, 0.2) is 0 Å². The lowest BCUT2D eigenvalue weighted by atomic mass is 10.3. The minimum atomic E-state index is -0.504. The first-order valence-electron chi connectivity index (χ1n) is 5.17. The van der Waals surface area contributed by atoms with Crippen LogP contribution in [0, 0.1) is 0 Å². The molecule has 1 aromatic rings. The van der Waals surface area contributed by atoms with Gasteiger partial charge in [0.25, 0.3) is 6.29 Å². The van der Waals surface area contributed by atoms with Gasteiger partial charge >= 0.3 is 0 Å². The maximum absolute atomic E-state index is 11.3. The van der Waals surface area contributed by atoms with Crippen molar-refractivity contribution in [1.82, 2.24) is 15.6 Å². The Morgan fingerprint density at radius 2 is 2.22 bits per heavy atom. The summed E-state index contributed by atoms with van der Waals surface area (Å²) in [6.45, 7) is 1.10. The fraction of sp³-hybridized carbons (Fsp3) is 0.167. The first-order chi connectivity index (χ1) is 8.61. The van der Waals surface area contributed by atoms with E-state index in [4.69, 9.17) is 0 Å². The zero-order valence-corrected chi connectivity index (χ0v) is 9.77. The minimum Gasteiger partial charge on any atom is -0.347 e. The lowest BCUT2D eigenvalue weighted by Gasteiger charge is -2.04. The zero-order chi connectivity index (χ0) is 13.4. The Morgan fingerprint density at radius 3 is 2.78 bits per heavy atom. The summed E-state index contributed by atoms with van der Waals surface area (Å²) in [6, 6.07) is 5.16. The summed E-state index contributed by atoms with van der Waals surface area (Å²) >= 11 is 0. The average Bonchev–Trinajstić information content (AvgIpc) is 2.37. The van der Waals surface area contributed by atoms with E-state index in [1.807, 2.05) is 0 Å². The van der Waals surface area contributed by atoms with Crippen LogP contribution in [-0.2, 0) is 14.4 Å². The summed E-state index contributed by atoms with van der Waals surface area (Å²) in [5.41, 5.74) is 0.486. The molecule has 0 aliphatic rings. The standard InChI is InChI=1S/C12H12N3O3/c1-9(17)14-7-12(18)15-11(8-16)6-10-4-2-3-5-13-10/h2-6H,7H2,1H3,(H,14,17)(H,15,18)/b11-6+.